The Hall–Kier alpha value is -3.48. The van der Waals surface area contributed by atoms with Crippen molar-refractivity contribution in [2.24, 2.45) is 11.8 Å². The fourth-order valence-corrected chi connectivity index (χ4v) is 4.33. The number of ether oxygens (including phenoxy) is 1. The summed E-state index contributed by atoms with van der Waals surface area (Å²) in [7, 11) is 0. The summed E-state index contributed by atoms with van der Waals surface area (Å²) in [5.74, 6) is -2.70. The summed E-state index contributed by atoms with van der Waals surface area (Å²) < 4.78 is 5.03. The molecule has 0 radical (unpaired) electrons. The zero-order valence-corrected chi connectivity index (χ0v) is 17.2. The van der Waals surface area contributed by atoms with Crippen molar-refractivity contribution in [1.29, 1.82) is 0 Å². The van der Waals surface area contributed by atoms with Gasteiger partial charge in [0.15, 0.2) is 6.61 Å². The van der Waals surface area contributed by atoms with E-state index in [1.165, 1.54) is 0 Å². The van der Waals surface area contributed by atoms with Gasteiger partial charge in [-0.3, -0.25) is 24.1 Å². The molecule has 7 heteroatoms. The summed E-state index contributed by atoms with van der Waals surface area (Å²) in [6, 6.07) is 13.5. The van der Waals surface area contributed by atoms with Crippen LogP contribution >= 0.6 is 0 Å². The van der Waals surface area contributed by atoms with Gasteiger partial charge in [0.05, 0.1) is 17.9 Å². The Morgan fingerprint density at radius 1 is 1.03 bits per heavy atom. The van der Waals surface area contributed by atoms with Crippen LogP contribution in [0.2, 0.25) is 0 Å². The molecule has 3 unspecified atom stereocenters. The van der Waals surface area contributed by atoms with Crippen LogP contribution in [0.1, 0.15) is 31.4 Å². The third kappa shape index (κ3) is 4.21. The first-order chi connectivity index (χ1) is 15.0. The number of imide groups is 1. The number of amides is 3. The Bertz CT molecular complexity index is 1050. The topological polar surface area (TPSA) is 92.8 Å². The van der Waals surface area contributed by atoms with Crippen LogP contribution in [-0.2, 0) is 23.9 Å². The molecule has 0 saturated carbocycles. The standard InChI is InChI=1S/C24H24N2O5/c1-15(17-12-6-8-16-7-2-3-9-18(16)17)25-21(27)14-31-22(28)13-26-23(29)19-10-4-5-11-20(19)24(26)30/h2-9,12,15,19-20H,10-11,13-14H2,1H3,(H,25,27). The van der Waals surface area contributed by atoms with Crippen LogP contribution in [0.4, 0.5) is 0 Å². The van der Waals surface area contributed by atoms with Gasteiger partial charge >= 0.3 is 5.97 Å². The van der Waals surface area contributed by atoms with Gasteiger partial charge in [-0.05, 0) is 36.1 Å². The molecule has 3 amide bonds. The van der Waals surface area contributed by atoms with Crippen molar-refractivity contribution in [3.8, 4) is 0 Å². The number of benzene rings is 2. The van der Waals surface area contributed by atoms with Crippen molar-refractivity contribution in [3.05, 3.63) is 60.2 Å². The Morgan fingerprint density at radius 2 is 1.68 bits per heavy atom. The molecule has 0 bridgehead atoms. The number of likely N-dealkylation sites (tertiary alicyclic amines) is 1. The van der Waals surface area contributed by atoms with Crippen LogP contribution in [0.25, 0.3) is 10.8 Å². The summed E-state index contributed by atoms with van der Waals surface area (Å²) in [6.07, 6.45) is 4.79. The van der Waals surface area contributed by atoms with Crippen molar-refractivity contribution in [2.75, 3.05) is 13.2 Å². The van der Waals surface area contributed by atoms with Crippen LogP contribution in [0.5, 0.6) is 0 Å². The molecule has 160 valence electrons. The molecule has 0 aromatic heterocycles. The molecular formula is C24H24N2O5. The molecule has 1 aliphatic heterocycles. The SMILES string of the molecule is CC(NC(=O)COC(=O)CN1C(=O)C2CC=CCC2C1=O)c1cccc2ccccc12. The van der Waals surface area contributed by atoms with Crippen LogP contribution < -0.4 is 5.32 Å². The summed E-state index contributed by atoms with van der Waals surface area (Å²) in [5, 5.41) is 4.93. The van der Waals surface area contributed by atoms with Crippen molar-refractivity contribution < 1.29 is 23.9 Å². The third-order valence-electron chi connectivity index (χ3n) is 5.92. The van der Waals surface area contributed by atoms with Gasteiger partial charge in [-0.2, -0.15) is 0 Å². The molecule has 2 aliphatic rings. The van der Waals surface area contributed by atoms with Gasteiger partial charge in [0.25, 0.3) is 5.91 Å². The van der Waals surface area contributed by atoms with E-state index in [2.05, 4.69) is 5.32 Å². The predicted octanol–water partition coefficient (Wildman–Crippen LogP) is 2.51. The van der Waals surface area contributed by atoms with E-state index in [1.54, 1.807) is 0 Å². The maximum atomic E-state index is 12.4. The number of carbonyl (C=O) groups is 4. The number of rotatable bonds is 6. The van der Waals surface area contributed by atoms with Crippen LogP contribution in [-0.4, -0.2) is 41.7 Å². The fourth-order valence-electron chi connectivity index (χ4n) is 4.33. The Labute approximate surface area is 180 Å². The lowest BCUT2D eigenvalue weighted by atomic mass is 9.85. The van der Waals surface area contributed by atoms with Gasteiger partial charge in [0.1, 0.15) is 6.54 Å². The van der Waals surface area contributed by atoms with E-state index in [-0.39, 0.29) is 17.9 Å². The monoisotopic (exact) mass is 420 g/mol. The molecule has 4 rings (SSSR count). The first-order valence-electron chi connectivity index (χ1n) is 10.4. The van der Waals surface area contributed by atoms with Crippen LogP contribution in [0.15, 0.2) is 54.6 Å². The number of esters is 1. The van der Waals surface area contributed by atoms with E-state index in [0.717, 1.165) is 21.2 Å². The lowest BCUT2D eigenvalue weighted by molar-refractivity contribution is -0.155. The number of carbonyl (C=O) groups excluding carboxylic acids is 4. The number of nitrogens with one attached hydrogen (secondary N) is 1. The highest BCUT2D eigenvalue weighted by molar-refractivity contribution is 6.07. The molecule has 1 heterocycles. The Kier molecular flexibility index (Phi) is 5.84. The largest absolute Gasteiger partial charge is 0.454 e. The third-order valence-corrected chi connectivity index (χ3v) is 5.92. The van der Waals surface area contributed by atoms with E-state index in [9.17, 15) is 19.2 Å². The maximum Gasteiger partial charge on any atom is 0.326 e. The average Bonchev–Trinajstić information content (AvgIpc) is 3.02. The quantitative estimate of drug-likeness (QED) is 0.440. The minimum atomic E-state index is -0.777. The smallest absolute Gasteiger partial charge is 0.326 e. The van der Waals surface area contributed by atoms with Crippen molar-refractivity contribution in [3.63, 3.8) is 0 Å². The fraction of sp³-hybridized carbons (Fsp3) is 0.333. The normalized spacial score (nSPS) is 21.1. The molecule has 31 heavy (non-hydrogen) atoms. The van der Waals surface area contributed by atoms with E-state index >= 15 is 0 Å². The molecule has 1 N–H and O–H groups in total. The summed E-state index contributed by atoms with van der Waals surface area (Å²) in [6.45, 7) is 0.925. The molecule has 0 spiro atoms. The molecule has 1 aliphatic carbocycles. The average molecular weight is 420 g/mol. The van der Waals surface area contributed by atoms with Gasteiger partial charge in [-0.15, -0.1) is 0 Å². The van der Waals surface area contributed by atoms with Gasteiger partial charge in [-0.1, -0.05) is 54.6 Å². The molecule has 2 aromatic carbocycles. The highest BCUT2D eigenvalue weighted by Gasteiger charge is 2.47. The van der Waals surface area contributed by atoms with Gasteiger partial charge in [0, 0.05) is 0 Å². The lowest BCUT2D eigenvalue weighted by Gasteiger charge is -2.17. The highest BCUT2D eigenvalue weighted by atomic mass is 16.5. The van der Waals surface area contributed by atoms with Gasteiger partial charge < -0.3 is 10.1 Å². The zero-order valence-electron chi connectivity index (χ0n) is 17.2. The molecule has 1 fully saturated rings. The van der Waals surface area contributed by atoms with Crippen LogP contribution in [0.3, 0.4) is 0 Å². The first-order valence-corrected chi connectivity index (χ1v) is 10.4. The van der Waals surface area contributed by atoms with Crippen molar-refractivity contribution >= 4 is 34.5 Å². The second-order valence-electron chi connectivity index (χ2n) is 7.94. The second kappa shape index (κ2) is 8.71. The molecular weight excluding hydrogens is 396 g/mol. The van der Waals surface area contributed by atoms with E-state index in [1.807, 2.05) is 61.5 Å². The summed E-state index contributed by atoms with van der Waals surface area (Å²) in [5.41, 5.74) is 0.960. The molecule has 2 aromatic rings. The second-order valence-corrected chi connectivity index (χ2v) is 7.94. The Morgan fingerprint density at radius 3 is 2.39 bits per heavy atom. The molecule has 7 nitrogen and oxygen atoms in total. The molecule has 3 atom stereocenters. The number of allylic oxidation sites excluding steroid dienone is 2. The number of hydrogen-bond acceptors (Lipinski definition) is 5. The Balaban J connectivity index is 1.30. The predicted molar refractivity (Wildman–Crippen MR) is 114 cm³/mol. The van der Waals surface area contributed by atoms with Gasteiger partial charge in [0.2, 0.25) is 11.8 Å². The highest BCUT2D eigenvalue weighted by Crippen LogP contribution is 2.34. The van der Waals surface area contributed by atoms with E-state index < -0.39 is 36.9 Å². The first kappa shape index (κ1) is 20.8. The summed E-state index contributed by atoms with van der Waals surface area (Å²) in [4.78, 5) is 50.3. The number of hydrogen-bond donors (Lipinski definition) is 1. The van der Waals surface area contributed by atoms with E-state index in [0.29, 0.717) is 12.8 Å². The minimum Gasteiger partial charge on any atom is -0.454 e. The number of nitrogens with zero attached hydrogens (tertiary/aromatic N) is 1. The van der Waals surface area contributed by atoms with Gasteiger partial charge in [-0.25, -0.2) is 0 Å². The number of fused-ring (bicyclic) bond motifs is 2. The zero-order chi connectivity index (χ0) is 22.0. The summed E-state index contributed by atoms with van der Waals surface area (Å²) >= 11 is 0. The van der Waals surface area contributed by atoms with Crippen LogP contribution in [0, 0.1) is 11.8 Å². The molecule has 1 saturated heterocycles. The van der Waals surface area contributed by atoms with Crippen molar-refractivity contribution in [2.45, 2.75) is 25.8 Å². The minimum absolute atomic E-state index is 0.283. The lowest BCUT2D eigenvalue weighted by Crippen LogP contribution is -2.38. The maximum absolute atomic E-state index is 12.4. The van der Waals surface area contributed by atoms with Crippen molar-refractivity contribution in [1.82, 2.24) is 10.2 Å². The van der Waals surface area contributed by atoms with E-state index in [4.69, 9.17) is 4.74 Å².